The summed E-state index contributed by atoms with van der Waals surface area (Å²) in [6.07, 6.45) is 0. The number of furan rings is 1. The summed E-state index contributed by atoms with van der Waals surface area (Å²) in [5.74, 6) is 1.08. The molecule has 1 heterocycles. The van der Waals surface area contributed by atoms with Crippen LogP contribution in [0.1, 0.15) is 10.6 Å². The first kappa shape index (κ1) is 16.1. The van der Waals surface area contributed by atoms with Crippen LogP contribution in [0.3, 0.4) is 0 Å². The van der Waals surface area contributed by atoms with E-state index in [9.17, 15) is 4.79 Å². The van der Waals surface area contributed by atoms with Gasteiger partial charge in [0.05, 0.1) is 18.5 Å². The van der Waals surface area contributed by atoms with Crippen molar-refractivity contribution in [3.8, 4) is 17.1 Å². The number of benzene rings is 2. The van der Waals surface area contributed by atoms with E-state index in [1.54, 1.807) is 37.4 Å². The number of halogens is 1. The van der Waals surface area contributed by atoms with Crippen LogP contribution in [0.15, 0.2) is 63.5 Å². The van der Waals surface area contributed by atoms with E-state index >= 15 is 0 Å². The molecule has 0 fully saturated rings. The van der Waals surface area contributed by atoms with Crippen LogP contribution in [0.4, 0.5) is 11.4 Å². The lowest BCUT2D eigenvalue weighted by Gasteiger charge is -2.08. The van der Waals surface area contributed by atoms with Gasteiger partial charge >= 0.3 is 0 Å². The second kappa shape index (κ2) is 6.80. The van der Waals surface area contributed by atoms with E-state index in [-0.39, 0.29) is 11.7 Å². The largest absolute Gasteiger partial charge is 0.497 e. The van der Waals surface area contributed by atoms with Gasteiger partial charge in [0.15, 0.2) is 5.76 Å². The molecule has 122 valence electrons. The molecule has 1 amide bonds. The molecule has 0 atom stereocenters. The van der Waals surface area contributed by atoms with Gasteiger partial charge in [-0.1, -0.05) is 28.1 Å². The van der Waals surface area contributed by atoms with Crippen molar-refractivity contribution in [1.29, 1.82) is 0 Å². The van der Waals surface area contributed by atoms with Gasteiger partial charge in [0.25, 0.3) is 5.91 Å². The molecule has 2 aromatic carbocycles. The maximum atomic E-state index is 12.3. The van der Waals surface area contributed by atoms with Crippen molar-refractivity contribution >= 4 is 33.2 Å². The molecule has 3 rings (SSSR count). The van der Waals surface area contributed by atoms with Gasteiger partial charge in [-0.3, -0.25) is 4.79 Å². The van der Waals surface area contributed by atoms with E-state index in [0.717, 1.165) is 10.0 Å². The van der Waals surface area contributed by atoms with Gasteiger partial charge in [0.2, 0.25) is 0 Å². The van der Waals surface area contributed by atoms with Crippen molar-refractivity contribution in [2.45, 2.75) is 0 Å². The number of rotatable bonds is 4. The zero-order valence-corrected chi connectivity index (χ0v) is 14.5. The third kappa shape index (κ3) is 3.44. The highest BCUT2D eigenvalue weighted by atomic mass is 79.9. The molecule has 0 bridgehead atoms. The van der Waals surface area contributed by atoms with Crippen LogP contribution in [-0.4, -0.2) is 13.0 Å². The van der Waals surface area contributed by atoms with E-state index < -0.39 is 0 Å². The minimum absolute atomic E-state index is 0.209. The van der Waals surface area contributed by atoms with E-state index in [1.807, 2.05) is 24.3 Å². The first-order chi connectivity index (χ1) is 11.6. The second-order valence-corrected chi connectivity index (χ2v) is 6.00. The molecule has 0 aliphatic heterocycles. The Morgan fingerprint density at radius 3 is 2.71 bits per heavy atom. The van der Waals surface area contributed by atoms with Gasteiger partial charge < -0.3 is 20.2 Å². The number of ether oxygens (including phenoxy) is 1. The van der Waals surface area contributed by atoms with Crippen LogP contribution in [0.25, 0.3) is 11.3 Å². The molecule has 0 aliphatic carbocycles. The summed E-state index contributed by atoms with van der Waals surface area (Å²) in [6.45, 7) is 0. The number of carbonyl (C=O) groups excluding carboxylic acids is 1. The Labute approximate surface area is 147 Å². The van der Waals surface area contributed by atoms with Crippen LogP contribution < -0.4 is 15.8 Å². The predicted molar refractivity (Wildman–Crippen MR) is 97.2 cm³/mol. The molecule has 1 aromatic heterocycles. The zero-order chi connectivity index (χ0) is 17.1. The maximum Gasteiger partial charge on any atom is 0.291 e. The Bertz CT molecular complexity index is 889. The topological polar surface area (TPSA) is 77.5 Å². The van der Waals surface area contributed by atoms with Crippen molar-refractivity contribution in [2.75, 3.05) is 18.2 Å². The third-order valence-corrected chi connectivity index (χ3v) is 3.94. The number of nitrogens with two attached hydrogens (primary N) is 1. The van der Waals surface area contributed by atoms with Crippen molar-refractivity contribution < 1.29 is 13.9 Å². The number of carbonyl (C=O) groups is 1. The first-order valence-electron chi connectivity index (χ1n) is 7.17. The highest BCUT2D eigenvalue weighted by molar-refractivity contribution is 9.10. The number of hydrogen-bond donors (Lipinski definition) is 2. The molecule has 0 saturated heterocycles. The summed E-state index contributed by atoms with van der Waals surface area (Å²) in [5.41, 5.74) is 7.71. The highest BCUT2D eigenvalue weighted by Crippen LogP contribution is 2.27. The molecular formula is C18H15BrN2O3. The lowest BCUT2D eigenvalue weighted by Crippen LogP contribution is -2.12. The maximum absolute atomic E-state index is 12.3. The Morgan fingerprint density at radius 1 is 1.17 bits per heavy atom. The van der Waals surface area contributed by atoms with Crippen molar-refractivity contribution in [1.82, 2.24) is 0 Å². The molecule has 24 heavy (non-hydrogen) atoms. The van der Waals surface area contributed by atoms with E-state index in [1.165, 1.54) is 0 Å². The molecule has 5 nitrogen and oxygen atoms in total. The van der Waals surface area contributed by atoms with Gasteiger partial charge in [-0.2, -0.15) is 0 Å². The monoisotopic (exact) mass is 386 g/mol. The minimum atomic E-state index is -0.367. The summed E-state index contributed by atoms with van der Waals surface area (Å²) >= 11 is 3.41. The normalized spacial score (nSPS) is 10.4. The number of methoxy groups -OCH3 is 1. The standard InChI is InChI=1S/C18H15BrN2O3/c1-23-13-5-6-15(14(20)10-13)21-18(22)17-8-7-16(24-17)11-3-2-4-12(19)9-11/h2-10H,20H2,1H3,(H,21,22). The van der Waals surface area contributed by atoms with Gasteiger partial charge in [0, 0.05) is 16.1 Å². The minimum Gasteiger partial charge on any atom is -0.497 e. The summed E-state index contributed by atoms with van der Waals surface area (Å²) in [6, 6.07) is 16.1. The number of amides is 1. The fourth-order valence-corrected chi connectivity index (χ4v) is 2.62. The fraction of sp³-hybridized carbons (Fsp3) is 0.0556. The van der Waals surface area contributed by atoms with E-state index in [0.29, 0.717) is 22.9 Å². The van der Waals surface area contributed by atoms with Crippen LogP contribution >= 0.6 is 15.9 Å². The van der Waals surface area contributed by atoms with Crippen LogP contribution in [-0.2, 0) is 0 Å². The van der Waals surface area contributed by atoms with Crippen LogP contribution in [0.2, 0.25) is 0 Å². The Kier molecular flexibility index (Phi) is 4.57. The number of anilines is 2. The van der Waals surface area contributed by atoms with Crippen LogP contribution in [0.5, 0.6) is 5.75 Å². The molecular weight excluding hydrogens is 372 g/mol. The molecule has 0 unspecified atom stereocenters. The van der Waals surface area contributed by atoms with Gasteiger partial charge in [-0.05, 0) is 36.4 Å². The average molecular weight is 387 g/mol. The molecule has 0 saturated carbocycles. The van der Waals surface area contributed by atoms with E-state index in [2.05, 4.69) is 21.2 Å². The molecule has 0 radical (unpaired) electrons. The lowest BCUT2D eigenvalue weighted by atomic mass is 10.2. The summed E-state index contributed by atoms with van der Waals surface area (Å²) in [5, 5.41) is 2.73. The smallest absolute Gasteiger partial charge is 0.291 e. The van der Waals surface area contributed by atoms with E-state index in [4.69, 9.17) is 14.9 Å². The quantitative estimate of drug-likeness (QED) is 0.644. The van der Waals surface area contributed by atoms with Gasteiger partial charge in [-0.25, -0.2) is 0 Å². The molecule has 3 aromatic rings. The highest BCUT2D eigenvalue weighted by Gasteiger charge is 2.14. The lowest BCUT2D eigenvalue weighted by molar-refractivity contribution is 0.0997. The molecule has 0 spiro atoms. The third-order valence-electron chi connectivity index (χ3n) is 3.45. The summed E-state index contributed by atoms with van der Waals surface area (Å²) in [4.78, 5) is 12.3. The Morgan fingerprint density at radius 2 is 2.00 bits per heavy atom. The number of nitrogen functional groups attached to an aromatic ring is 1. The fourth-order valence-electron chi connectivity index (χ4n) is 2.22. The Hall–Kier alpha value is -2.73. The molecule has 6 heteroatoms. The summed E-state index contributed by atoms with van der Waals surface area (Å²) < 4.78 is 11.7. The second-order valence-electron chi connectivity index (χ2n) is 5.08. The van der Waals surface area contributed by atoms with Crippen molar-refractivity contribution in [3.05, 3.63) is 64.8 Å². The number of hydrogen-bond acceptors (Lipinski definition) is 4. The first-order valence-corrected chi connectivity index (χ1v) is 7.97. The van der Waals surface area contributed by atoms with Crippen molar-refractivity contribution in [3.63, 3.8) is 0 Å². The van der Waals surface area contributed by atoms with Gasteiger partial charge in [-0.15, -0.1) is 0 Å². The van der Waals surface area contributed by atoms with Crippen LogP contribution in [0, 0.1) is 0 Å². The SMILES string of the molecule is COc1ccc(NC(=O)c2ccc(-c3cccc(Br)c3)o2)c(N)c1. The Balaban J connectivity index is 1.79. The molecule has 3 N–H and O–H groups in total. The average Bonchev–Trinajstić information content (AvgIpc) is 3.07. The van der Waals surface area contributed by atoms with Gasteiger partial charge in [0.1, 0.15) is 11.5 Å². The van der Waals surface area contributed by atoms with Crippen molar-refractivity contribution in [2.24, 2.45) is 0 Å². The zero-order valence-electron chi connectivity index (χ0n) is 12.9. The predicted octanol–water partition coefficient (Wildman–Crippen LogP) is 4.55. The summed E-state index contributed by atoms with van der Waals surface area (Å²) in [7, 11) is 1.55. The molecule has 0 aliphatic rings. The number of nitrogens with one attached hydrogen (secondary N) is 1.